The molecule has 2 rings (SSSR count). The number of benzene rings is 2. The predicted molar refractivity (Wildman–Crippen MR) is 78.8 cm³/mol. The third kappa shape index (κ3) is 4.22. The number of hydrogen-bond donors (Lipinski definition) is 2. The first-order chi connectivity index (χ1) is 9.90. The molecule has 0 aliphatic rings. The number of halogens is 4. The van der Waals surface area contributed by atoms with Gasteiger partial charge in [0.15, 0.2) is 0 Å². The molecule has 112 valence electrons. The highest BCUT2D eigenvalue weighted by Gasteiger charge is 2.30. The van der Waals surface area contributed by atoms with Crippen LogP contribution < -0.4 is 5.32 Å². The minimum Gasteiger partial charge on any atom is -0.392 e. The third-order valence-corrected chi connectivity index (χ3v) is 3.67. The number of hydrogen-bond acceptors (Lipinski definition) is 2. The van der Waals surface area contributed by atoms with Crippen molar-refractivity contribution >= 4 is 21.6 Å². The minimum absolute atomic E-state index is 0.0348. The van der Waals surface area contributed by atoms with Crippen molar-refractivity contribution in [3.05, 3.63) is 63.6 Å². The molecule has 0 aliphatic carbocycles. The van der Waals surface area contributed by atoms with Crippen LogP contribution in [0.15, 0.2) is 46.9 Å². The minimum atomic E-state index is -4.36. The van der Waals surface area contributed by atoms with E-state index in [1.807, 2.05) is 12.1 Å². The zero-order valence-corrected chi connectivity index (χ0v) is 12.5. The van der Waals surface area contributed by atoms with Gasteiger partial charge in [-0.15, -0.1) is 0 Å². The average Bonchev–Trinajstić information content (AvgIpc) is 2.45. The fraction of sp³-hybridized carbons (Fsp3) is 0.200. The van der Waals surface area contributed by atoms with E-state index < -0.39 is 11.7 Å². The molecule has 2 N–H and O–H groups in total. The second-order valence-corrected chi connectivity index (χ2v) is 5.37. The summed E-state index contributed by atoms with van der Waals surface area (Å²) in [6.45, 7) is 0.360. The Morgan fingerprint density at radius 3 is 2.19 bits per heavy atom. The van der Waals surface area contributed by atoms with Crippen LogP contribution in [0, 0.1) is 0 Å². The molecule has 0 aromatic heterocycles. The first-order valence-corrected chi connectivity index (χ1v) is 6.99. The smallest absolute Gasteiger partial charge is 0.392 e. The van der Waals surface area contributed by atoms with Crippen molar-refractivity contribution in [3.8, 4) is 0 Å². The highest BCUT2D eigenvalue weighted by molar-refractivity contribution is 9.10. The van der Waals surface area contributed by atoms with Crippen molar-refractivity contribution in [3.63, 3.8) is 0 Å². The summed E-state index contributed by atoms with van der Waals surface area (Å²) in [5.41, 5.74) is 1.40. The van der Waals surface area contributed by atoms with Gasteiger partial charge in [-0.1, -0.05) is 24.3 Å². The lowest BCUT2D eigenvalue weighted by Crippen LogP contribution is -2.07. The fourth-order valence-corrected chi connectivity index (χ4v) is 2.18. The van der Waals surface area contributed by atoms with Gasteiger partial charge < -0.3 is 10.4 Å². The van der Waals surface area contributed by atoms with Gasteiger partial charge in [0.1, 0.15) is 0 Å². The van der Waals surface area contributed by atoms with E-state index >= 15 is 0 Å². The van der Waals surface area contributed by atoms with Crippen molar-refractivity contribution in [2.24, 2.45) is 0 Å². The highest BCUT2D eigenvalue weighted by Crippen LogP contribution is 2.34. The maximum Gasteiger partial charge on any atom is 0.416 e. The molecular weight excluding hydrogens is 347 g/mol. The van der Waals surface area contributed by atoms with Gasteiger partial charge in [0.2, 0.25) is 0 Å². The summed E-state index contributed by atoms with van der Waals surface area (Å²) in [6.07, 6.45) is -4.36. The van der Waals surface area contributed by atoms with E-state index in [0.717, 1.165) is 23.3 Å². The van der Waals surface area contributed by atoms with Crippen LogP contribution in [0.25, 0.3) is 0 Å². The molecule has 0 heterocycles. The van der Waals surface area contributed by atoms with Gasteiger partial charge in [0.05, 0.1) is 12.2 Å². The molecule has 2 aromatic carbocycles. The predicted octanol–water partition coefficient (Wildman–Crippen LogP) is 4.57. The molecule has 21 heavy (non-hydrogen) atoms. The number of aliphatic hydroxyl groups is 1. The summed E-state index contributed by atoms with van der Waals surface area (Å²) in [7, 11) is 0. The molecule has 0 amide bonds. The van der Waals surface area contributed by atoms with Crippen LogP contribution in [0.2, 0.25) is 0 Å². The highest BCUT2D eigenvalue weighted by atomic mass is 79.9. The molecular formula is C15H13BrF3NO. The summed E-state index contributed by atoms with van der Waals surface area (Å²) in [5.74, 6) is 0. The normalized spacial score (nSPS) is 11.5. The number of anilines is 1. The van der Waals surface area contributed by atoms with Crippen molar-refractivity contribution in [2.45, 2.75) is 19.3 Å². The molecule has 0 radical (unpaired) electrons. The van der Waals surface area contributed by atoms with E-state index in [1.165, 1.54) is 6.07 Å². The molecule has 2 nitrogen and oxygen atoms in total. The van der Waals surface area contributed by atoms with Crippen molar-refractivity contribution < 1.29 is 18.3 Å². The van der Waals surface area contributed by atoms with Gasteiger partial charge in [0.25, 0.3) is 0 Å². The first-order valence-electron chi connectivity index (χ1n) is 6.19. The lowest BCUT2D eigenvalue weighted by molar-refractivity contribution is -0.137. The number of alkyl halides is 3. The van der Waals surface area contributed by atoms with E-state index in [-0.39, 0.29) is 6.61 Å². The standard InChI is InChI=1S/C15H13BrF3NO/c16-13-6-5-12(15(17,18)19)7-14(13)20-8-10-1-3-11(9-21)4-2-10/h1-7,20-21H,8-9H2. The molecule has 0 aliphatic heterocycles. The van der Waals surface area contributed by atoms with Crippen molar-refractivity contribution in [1.82, 2.24) is 0 Å². The van der Waals surface area contributed by atoms with Gasteiger partial charge in [0, 0.05) is 16.7 Å². The summed E-state index contributed by atoms with van der Waals surface area (Å²) in [4.78, 5) is 0. The Morgan fingerprint density at radius 2 is 1.62 bits per heavy atom. The van der Waals surface area contributed by atoms with Crippen LogP contribution in [-0.2, 0) is 19.3 Å². The molecule has 0 fully saturated rings. The zero-order chi connectivity index (χ0) is 15.5. The maximum absolute atomic E-state index is 12.7. The Morgan fingerprint density at radius 1 is 1.00 bits per heavy atom. The third-order valence-electron chi connectivity index (χ3n) is 2.98. The van der Waals surface area contributed by atoms with Crippen LogP contribution in [-0.4, -0.2) is 5.11 Å². The van der Waals surface area contributed by atoms with Gasteiger partial charge in [-0.25, -0.2) is 0 Å². The Labute approximate surface area is 128 Å². The van der Waals surface area contributed by atoms with Gasteiger partial charge in [-0.2, -0.15) is 13.2 Å². The van der Waals surface area contributed by atoms with Crippen LogP contribution in [0.4, 0.5) is 18.9 Å². The molecule has 0 unspecified atom stereocenters. The molecule has 0 atom stereocenters. The van der Waals surface area contributed by atoms with Crippen LogP contribution in [0.1, 0.15) is 16.7 Å². The Balaban J connectivity index is 2.11. The first kappa shape index (κ1) is 15.9. The van der Waals surface area contributed by atoms with Crippen LogP contribution in [0.3, 0.4) is 0 Å². The lowest BCUT2D eigenvalue weighted by atomic mass is 10.1. The Hall–Kier alpha value is -1.53. The number of nitrogens with one attached hydrogen (secondary N) is 1. The summed E-state index contributed by atoms with van der Waals surface area (Å²) < 4.78 is 38.6. The van der Waals surface area contributed by atoms with E-state index in [1.54, 1.807) is 12.1 Å². The van der Waals surface area contributed by atoms with E-state index in [2.05, 4.69) is 21.2 Å². The molecule has 6 heteroatoms. The average molecular weight is 360 g/mol. The SMILES string of the molecule is OCc1ccc(CNc2cc(C(F)(F)F)ccc2Br)cc1. The van der Waals surface area contributed by atoms with Crippen LogP contribution >= 0.6 is 15.9 Å². The van der Waals surface area contributed by atoms with E-state index in [4.69, 9.17) is 5.11 Å². The summed E-state index contributed by atoms with van der Waals surface area (Å²) in [5, 5.41) is 11.9. The maximum atomic E-state index is 12.7. The van der Waals surface area contributed by atoms with Crippen LogP contribution in [0.5, 0.6) is 0 Å². The van der Waals surface area contributed by atoms with E-state index in [0.29, 0.717) is 16.7 Å². The quantitative estimate of drug-likeness (QED) is 0.837. The topological polar surface area (TPSA) is 32.3 Å². The number of aliphatic hydroxyl groups excluding tert-OH is 1. The zero-order valence-electron chi connectivity index (χ0n) is 10.9. The second-order valence-electron chi connectivity index (χ2n) is 4.52. The molecule has 0 spiro atoms. The summed E-state index contributed by atoms with van der Waals surface area (Å²) >= 11 is 3.23. The molecule has 0 bridgehead atoms. The monoisotopic (exact) mass is 359 g/mol. The molecule has 0 saturated heterocycles. The second kappa shape index (κ2) is 6.49. The Bertz CT molecular complexity index is 611. The number of rotatable bonds is 4. The lowest BCUT2D eigenvalue weighted by Gasteiger charge is -2.13. The van der Waals surface area contributed by atoms with Gasteiger partial charge in [-0.05, 0) is 45.3 Å². The molecule has 0 saturated carbocycles. The van der Waals surface area contributed by atoms with Gasteiger partial charge in [-0.3, -0.25) is 0 Å². The molecule has 2 aromatic rings. The van der Waals surface area contributed by atoms with Gasteiger partial charge >= 0.3 is 6.18 Å². The fourth-order valence-electron chi connectivity index (χ4n) is 1.80. The van der Waals surface area contributed by atoms with Crippen molar-refractivity contribution in [2.75, 3.05) is 5.32 Å². The Kier molecular flexibility index (Phi) is 4.90. The van der Waals surface area contributed by atoms with E-state index in [9.17, 15) is 13.2 Å². The van der Waals surface area contributed by atoms with Crippen molar-refractivity contribution in [1.29, 1.82) is 0 Å². The largest absolute Gasteiger partial charge is 0.416 e. The summed E-state index contributed by atoms with van der Waals surface area (Å²) in [6, 6.07) is 10.7.